The summed E-state index contributed by atoms with van der Waals surface area (Å²) in [6.45, 7) is 4.03. The fourth-order valence-corrected chi connectivity index (χ4v) is 2.63. The highest BCUT2D eigenvalue weighted by Crippen LogP contribution is 2.26. The summed E-state index contributed by atoms with van der Waals surface area (Å²) in [7, 11) is 0. The van der Waals surface area contributed by atoms with Crippen molar-refractivity contribution in [2.75, 3.05) is 0 Å². The van der Waals surface area contributed by atoms with E-state index in [0.29, 0.717) is 5.92 Å². The predicted octanol–water partition coefficient (Wildman–Crippen LogP) is 3.64. The number of hydrogen-bond donors (Lipinski definition) is 1. The molecule has 0 saturated carbocycles. The van der Waals surface area contributed by atoms with Crippen LogP contribution in [0.5, 0.6) is 0 Å². The van der Waals surface area contributed by atoms with Crippen molar-refractivity contribution >= 4 is 12.4 Å². The minimum absolute atomic E-state index is 0.161. The second-order valence-electron chi connectivity index (χ2n) is 5.62. The fourth-order valence-electron chi connectivity index (χ4n) is 2.63. The Hall–Kier alpha value is -1.54. The molecule has 2 aromatic rings. The van der Waals surface area contributed by atoms with E-state index in [1.54, 1.807) is 0 Å². The van der Waals surface area contributed by atoms with E-state index in [2.05, 4.69) is 38.1 Å². The summed E-state index contributed by atoms with van der Waals surface area (Å²) >= 11 is 0. The third kappa shape index (κ3) is 3.74. The maximum absolute atomic E-state index is 10.8. The van der Waals surface area contributed by atoms with Crippen LogP contribution in [0.15, 0.2) is 60.7 Å². The van der Waals surface area contributed by atoms with Gasteiger partial charge in [-0.1, -0.05) is 80.9 Å². The Morgan fingerprint density at radius 3 is 2.05 bits per heavy atom. The Bertz CT molecular complexity index is 497. The second kappa shape index (κ2) is 7.30. The van der Waals surface area contributed by atoms with Crippen molar-refractivity contribution in [3.63, 3.8) is 0 Å². The van der Waals surface area contributed by atoms with E-state index >= 15 is 0 Å². The zero-order valence-corrected chi connectivity index (χ0v) is 12.4. The molecule has 0 aromatic heterocycles. The number of rotatable bonds is 6. The summed E-state index contributed by atoms with van der Waals surface area (Å²) in [5.74, 6) is 0.770. The quantitative estimate of drug-likeness (QED) is 0.791. The van der Waals surface area contributed by atoms with Gasteiger partial charge in [-0.05, 0) is 29.2 Å². The average Bonchev–Trinajstić information content (AvgIpc) is 2.53. The first-order valence-electron chi connectivity index (χ1n) is 7.50. The summed E-state index contributed by atoms with van der Waals surface area (Å²) in [4.78, 5) is 0. The molecule has 0 bridgehead atoms. The summed E-state index contributed by atoms with van der Waals surface area (Å²) in [5.41, 5.74) is 2.23. The molecule has 2 aromatic carbocycles. The van der Waals surface area contributed by atoms with E-state index in [-0.39, 0.29) is 5.82 Å². The van der Waals surface area contributed by atoms with Crippen molar-refractivity contribution < 1.29 is 5.02 Å². The third-order valence-electron chi connectivity index (χ3n) is 4.10. The van der Waals surface area contributed by atoms with Crippen molar-refractivity contribution in [2.45, 2.75) is 32.5 Å². The van der Waals surface area contributed by atoms with Gasteiger partial charge in [-0.2, -0.15) is 0 Å². The van der Waals surface area contributed by atoms with Crippen LogP contribution in [0.2, 0.25) is 0 Å². The Morgan fingerprint density at radius 1 is 0.950 bits per heavy atom. The van der Waals surface area contributed by atoms with Gasteiger partial charge in [0, 0.05) is 0 Å². The lowest BCUT2D eigenvalue weighted by Crippen LogP contribution is -2.37. The molecule has 0 aliphatic heterocycles. The molecule has 1 nitrogen and oxygen atoms in total. The lowest BCUT2D eigenvalue weighted by Gasteiger charge is -2.23. The van der Waals surface area contributed by atoms with E-state index in [1.807, 2.05) is 36.4 Å². The van der Waals surface area contributed by atoms with Crippen molar-refractivity contribution in [1.29, 1.82) is 0 Å². The molecule has 0 fully saturated rings. The van der Waals surface area contributed by atoms with E-state index in [4.69, 9.17) is 0 Å². The molecule has 2 rings (SSSR count). The maximum Gasteiger partial charge on any atom is 0.331 e. The minimum Gasteiger partial charge on any atom is -0.446 e. The van der Waals surface area contributed by atoms with Crippen LogP contribution in [0, 0.1) is 5.92 Å². The van der Waals surface area contributed by atoms with Crippen molar-refractivity contribution in [3.8, 4) is 0 Å². The zero-order valence-electron chi connectivity index (χ0n) is 12.4. The molecule has 0 amide bonds. The lowest BCUT2D eigenvalue weighted by molar-refractivity contribution is 0.473. The van der Waals surface area contributed by atoms with Gasteiger partial charge >= 0.3 is 6.92 Å². The Morgan fingerprint density at radius 2 is 1.50 bits per heavy atom. The topological polar surface area (TPSA) is 20.2 Å². The predicted molar refractivity (Wildman–Crippen MR) is 87.3 cm³/mol. The van der Waals surface area contributed by atoms with Gasteiger partial charge < -0.3 is 5.02 Å². The molecular formula is C18H23BO. The summed E-state index contributed by atoms with van der Waals surface area (Å²) < 4.78 is 0. The van der Waals surface area contributed by atoms with Crippen LogP contribution in [0.3, 0.4) is 0 Å². The first-order valence-corrected chi connectivity index (χ1v) is 7.50. The lowest BCUT2D eigenvalue weighted by atomic mass is 9.48. The maximum atomic E-state index is 10.8. The van der Waals surface area contributed by atoms with Crippen molar-refractivity contribution in [2.24, 2.45) is 5.92 Å². The first-order chi connectivity index (χ1) is 9.72. The fraction of sp³-hybridized carbons (Fsp3) is 0.333. The molecule has 2 atom stereocenters. The molecule has 0 radical (unpaired) electrons. The highest BCUT2D eigenvalue weighted by molar-refractivity contribution is 6.67. The van der Waals surface area contributed by atoms with Crippen LogP contribution in [0.4, 0.5) is 0 Å². The van der Waals surface area contributed by atoms with Crippen LogP contribution in [-0.2, 0) is 0 Å². The number of hydrogen-bond acceptors (Lipinski definition) is 1. The van der Waals surface area contributed by atoms with Gasteiger partial charge in [-0.3, -0.25) is 0 Å². The second-order valence-corrected chi connectivity index (χ2v) is 5.62. The van der Waals surface area contributed by atoms with Gasteiger partial charge in [-0.15, -0.1) is 0 Å². The highest BCUT2D eigenvalue weighted by Gasteiger charge is 2.28. The van der Waals surface area contributed by atoms with Crippen LogP contribution >= 0.6 is 0 Å². The SMILES string of the molecule is CCC(C)CC(B(O)c1ccccc1)c1ccccc1. The summed E-state index contributed by atoms with van der Waals surface area (Å²) in [6.07, 6.45) is 2.15. The Labute approximate surface area is 122 Å². The molecular weight excluding hydrogens is 243 g/mol. The van der Waals surface area contributed by atoms with Gasteiger partial charge in [0.25, 0.3) is 0 Å². The van der Waals surface area contributed by atoms with Gasteiger partial charge in [0.1, 0.15) is 0 Å². The van der Waals surface area contributed by atoms with E-state index in [0.717, 1.165) is 18.3 Å². The van der Waals surface area contributed by atoms with E-state index in [9.17, 15) is 5.02 Å². The largest absolute Gasteiger partial charge is 0.446 e. The standard InChI is InChI=1S/C18H23BO/c1-3-15(2)14-18(16-10-6-4-7-11-16)19(20)17-12-8-5-9-13-17/h4-13,15,18,20H,3,14H2,1-2H3. The average molecular weight is 266 g/mol. The normalized spacial score (nSPS) is 13.8. The summed E-state index contributed by atoms with van der Waals surface area (Å²) in [6, 6.07) is 20.4. The highest BCUT2D eigenvalue weighted by atomic mass is 16.2. The Balaban J connectivity index is 2.27. The molecule has 104 valence electrons. The smallest absolute Gasteiger partial charge is 0.331 e. The molecule has 0 spiro atoms. The molecule has 0 saturated heterocycles. The molecule has 2 heteroatoms. The zero-order chi connectivity index (χ0) is 14.4. The van der Waals surface area contributed by atoms with Crippen LogP contribution in [-0.4, -0.2) is 11.9 Å². The first kappa shape index (κ1) is 14.9. The van der Waals surface area contributed by atoms with Gasteiger partial charge in [0.2, 0.25) is 0 Å². The minimum atomic E-state index is -0.437. The van der Waals surface area contributed by atoms with Crippen molar-refractivity contribution in [3.05, 3.63) is 66.2 Å². The van der Waals surface area contributed by atoms with E-state index in [1.165, 1.54) is 5.56 Å². The molecule has 2 unspecified atom stereocenters. The molecule has 0 heterocycles. The molecule has 0 aliphatic carbocycles. The molecule has 0 aliphatic rings. The summed E-state index contributed by atoms with van der Waals surface area (Å²) in [5, 5.41) is 10.8. The molecule has 1 N–H and O–H groups in total. The van der Waals surface area contributed by atoms with E-state index < -0.39 is 6.92 Å². The molecule has 20 heavy (non-hydrogen) atoms. The van der Waals surface area contributed by atoms with Crippen LogP contribution < -0.4 is 5.46 Å². The van der Waals surface area contributed by atoms with Gasteiger partial charge in [-0.25, -0.2) is 0 Å². The van der Waals surface area contributed by atoms with Gasteiger partial charge in [0.05, 0.1) is 0 Å². The third-order valence-corrected chi connectivity index (χ3v) is 4.10. The van der Waals surface area contributed by atoms with Crippen LogP contribution in [0.25, 0.3) is 0 Å². The monoisotopic (exact) mass is 266 g/mol. The number of benzene rings is 2. The Kier molecular flexibility index (Phi) is 5.43. The van der Waals surface area contributed by atoms with Crippen molar-refractivity contribution in [1.82, 2.24) is 0 Å². The van der Waals surface area contributed by atoms with Gasteiger partial charge in [0.15, 0.2) is 0 Å². The van der Waals surface area contributed by atoms with Crippen LogP contribution in [0.1, 0.15) is 38.1 Å².